The van der Waals surface area contributed by atoms with E-state index in [4.69, 9.17) is 0 Å². The number of hydrogen-bond acceptors (Lipinski definition) is 1. The summed E-state index contributed by atoms with van der Waals surface area (Å²) in [5.74, 6) is 0. The highest BCUT2D eigenvalue weighted by molar-refractivity contribution is 8.00. The van der Waals surface area contributed by atoms with Crippen molar-refractivity contribution < 1.29 is 0 Å². The van der Waals surface area contributed by atoms with Gasteiger partial charge in [0.05, 0.1) is 0 Å². The Kier molecular flexibility index (Phi) is 3.57. The maximum absolute atomic E-state index is 4.39. The summed E-state index contributed by atoms with van der Waals surface area (Å²) in [6.45, 7) is 6.73. The Hall–Kier alpha value is 0.310. The molecule has 0 amide bonds. The summed E-state index contributed by atoms with van der Waals surface area (Å²) in [5.41, 5.74) is 0. The van der Waals surface area contributed by atoms with Crippen molar-refractivity contribution in [2.75, 3.05) is 13.1 Å². The van der Waals surface area contributed by atoms with Crippen LogP contribution in [0.4, 0.5) is 0 Å². The lowest BCUT2D eigenvalue weighted by atomic mass is 10.2. The van der Waals surface area contributed by atoms with Crippen LogP contribution in [-0.2, 0) is 0 Å². The fourth-order valence-corrected chi connectivity index (χ4v) is 2.52. The molecule has 1 fully saturated rings. The molecular weight excluding hydrogens is 142 g/mol. The predicted octanol–water partition coefficient (Wildman–Crippen LogP) is 1.89. The molecule has 59 valence electrons. The number of hydrogen-bond donors (Lipinski definition) is 0. The lowest BCUT2D eigenvalue weighted by Crippen LogP contribution is -2.27. The minimum absolute atomic E-state index is 0.776. The first kappa shape index (κ1) is 8.41. The number of piperidine rings is 1. The molecule has 0 aromatic heterocycles. The minimum atomic E-state index is 0.776. The van der Waals surface area contributed by atoms with E-state index in [2.05, 4.69) is 30.9 Å². The lowest BCUT2D eigenvalue weighted by Gasteiger charge is -2.22. The predicted molar refractivity (Wildman–Crippen MR) is 47.6 cm³/mol. The summed E-state index contributed by atoms with van der Waals surface area (Å²) in [6.07, 6.45) is 2.69. The van der Waals surface area contributed by atoms with Gasteiger partial charge in [0.2, 0.25) is 0 Å². The molecule has 1 aliphatic heterocycles. The molecule has 10 heavy (non-hydrogen) atoms. The van der Waals surface area contributed by atoms with Crippen LogP contribution in [0.3, 0.4) is 0 Å². The normalized spacial score (nSPS) is 27.3. The fraction of sp³-hybridized carbons (Fsp3) is 1.00. The Morgan fingerprint density at radius 2 is 2.30 bits per heavy atom. The van der Waals surface area contributed by atoms with E-state index in [1.807, 2.05) is 0 Å². The summed E-state index contributed by atoms with van der Waals surface area (Å²) < 4.78 is 0. The van der Waals surface area contributed by atoms with Gasteiger partial charge in [-0.15, -0.1) is 0 Å². The molecule has 1 nitrogen and oxygen atoms in total. The second kappa shape index (κ2) is 4.24. The molecule has 0 N–H and O–H groups in total. The second-order valence-electron chi connectivity index (χ2n) is 3.08. The van der Waals surface area contributed by atoms with Crippen LogP contribution in [0.1, 0.15) is 26.7 Å². The molecular formula is C8H16NS. The molecule has 0 aliphatic carbocycles. The molecule has 1 aliphatic rings. The Morgan fingerprint density at radius 3 is 2.80 bits per heavy atom. The van der Waals surface area contributed by atoms with E-state index in [9.17, 15) is 0 Å². The summed E-state index contributed by atoms with van der Waals surface area (Å²) in [7, 11) is 0. The maximum Gasteiger partial charge on any atom is 0.0252 e. The first-order valence-corrected chi connectivity index (χ1v) is 5.02. The summed E-state index contributed by atoms with van der Waals surface area (Å²) in [5, 5.41) is 5.99. The average molecular weight is 158 g/mol. The first-order valence-electron chi connectivity index (χ1n) is 4.08. The molecule has 0 aromatic carbocycles. The van der Waals surface area contributed by atoms with Gasteiger partial charge in [-0.1, -0.05) is 13.8 Å². The van der Waals surface area contributed by atoms with Gasteiger partial charge in [-0.05, 0) is 18.1 Å². The lowest BCUT2D eigenvalue weighted by molar-refractivity contribution is 0.521. The van der Waals surface area contributed by atoms with E-state index in [0.717, 1.165) is 23.6 Å². The van der Waals surface area contributed by atoms with Crippen molar-refractivity contribution in [1.29, 1.82) is 0 Å². The molecule has 0 aromatic rings. The van der Waals surface area contributed by atoms with Crippen molar-refractivity contribution in [2.45, 2.75) is 37.2 Å². The minimum Gasteiger partial charge on any atom is -0.241 e. The van der Waals surface area contributed by atoms with Crippen LogP contribution in [-0.4, -0.2) is 23.6 Å². The Balaban J connectivity index is 2.13. The van der Waals surface area contributed by atoms with Crippen molar-refractivity contribution in [3.8, 4) is 0 Å². The van der Waals surface area contributed by atoms with E-state index in [-0.39, 0.29) is 0 Å². The zero-order valence-corrected chi connectivity index (χ0v) is 7.66. The van der Waals surface area contributed by atoms with Crippen LogP contribution in [0.5, 0.6) is 0 Å². The van der Waals surface area contributed by atoms with Crippen molar-refractivity contribution in [3.05, 3.63) is 0 Å². The zero-order chi connectivity index (χ0) is 7.40. The summed E-state index contributed by atoms with van der Waals surface area (Å²) >= 11 is 2.08. The average Bonchev–Trinajstić information content (AvgIpc) is 1.88. The van der Waals surface area contributed by atoms with Gasteiger partial charge in [-0.3, -0.25) is 0 Å². The van der Waals surface area contributed by atoms with Crippen LogP contribution < -0.4 is 5.32 Å². The van der Waals surface area contributed by atoms with Crippen LogP contribution >= 0.6 is 11.8 Å². The Bertz CT molecular complexity index is 87.3. The van der Waals surface area contributed by atoms with Crippen molar-refractivity contribution >= 4 is 11.8 Å². The van der Waals surface area contributed by atoms with E-state index < -0.39 is 0 Å². The molecule has 0 saturated carbocycles. The monoisotopic (exact) mass is 158 g/mol. The fourth-order valence-electron chi connectivity index (χ4n) is 1.25. The maximum atomic E-state index is 4.39. The van der Waals surface area contributed by atoms with Gasteiger partial charge in [0.25, 0.3) is 0 Å². The highest BCUT2D eigenvalue weighted by Gasteiger charge is 2.14. The zero-order valence-electron chi connectivity index (χ0n) is 6.84. The van der Waals surface area contributed by atoms with E-state index in [0.29, 0.717) is 0 Å². The SMILES string of the molecule is CC(C)SC1CCC[N]C1. The second-order valence-corrected chi connectivity index (χ2v) is 4.96. The van der Waals surface area contributed by atoms with Crippen LogP contribution in [0.15, 0.2) is 0 Å². The van der Waals surface area contributed by atoms with Crippen molar-refractivity contribution in [3.63, 3.8) is 0 Å². The third-order valence-corrected chi connectivity index (χ3v) is 2.95. The molecule has 1 unspecified atom stereocenters. The van der Waals surface area contributed by atoms with Gasteiger partial charge in [-0.25, -0.2) is 5.32 Å². The molecule has 1 saturated heterocycles. The molecule has 0 bridgehead atoms. The molecule has 2 heteroatoms. The highest BCUT2D eigenvalue weighted by Crippen LogP contribution is 2.22. The van der Waals surface area contributed by atoms with Crippen molar-refractivity contribution in [1.82, 2.24) is 5.32 Å². The third kappa shape index (κ3) is 2.93. The quantitative estimate of drug-likeness (QED) is 0.598. The number of thioether (sulfide) groups is 1. The Labute approximate surface area is 68.0 Å². The largest absolute Gasteiger partial charge is 0.241 e. The van der Waals surface area contributed by atoms with Gasteiger partial charge in [0.1, 0.15) is 0 Å². The highest BCUT2D eigenvalue weighted by atomic mass is 32.2. The molecule has 1 radical (unpaired) electrons. The van der Waals surface area contributed by atoms with E-state index in [1.165, 1.54) is 12.8 Å². The van der Waals surface area contributed by atoms with Crippen molar-refractivity contribution in [2.24, 2.45) is 0 Å². The van der Waals surface area contributed by atoms with Crippen LogP contribution in [0, 0.1) is 0 Å². The molecule has 1 atom stereocenters. The number of rotatable bonds is 2. The molecule has 1 rings (SSSR count). The van der Waals surface area contributed by atoms with E-state index in [1.54, 1.807) is 0 Å². The van der Waals surface area contributed by atoms with Gasteiger partial charge in [0, 0.05) is 18.3 Å². The summed E-state index contributed by atoms with van der Waals surface area (Å²) in [4.78, 5) is 0. The number of nitrogens with zero attached hydrogens (tertiary/aromatic N) is 1. The van der Waals surface area contributed by atoms with Gasteiger partial charge >= 0.3 is 0 Å². The third-order valence-electron chi connectivity index (χ3n) is 1.64. The molecule has 0 spiro atoms. The smallest absolute Gasteiger partial charge is 0.0252 e. The first-order chi connectivity index (χ1) is 4.79. The van der Waals surface area contributed by atoms with Gasteiger partial charge in [0.15, 0.2) is 0 Å². The Morgan fingerprint density at radius 1 is 1.50 bits per heavy atom. The van der Waals surface area contributed by atoms with Gasteiger partial charge < -0.3 is 0 Å². The standard InChI is InChI=1S/C8H16NS/c1-7(2)10-8-4-3-5-9-6-8/h7-8H,3-6H2,1-2H3. The summed E-state index contributed by atoms with van der Waals surface area (Å²) in [6, 6.07) is 0. The topological polar surface area (TPSA) is 14.1 Å². The van der Waals surface area contributed by atoms with Crippen LogP contribution in [0.25, 0.3) is 0 Å². The van der Waals surface area contributed by atoms with Crippen LogP contribution in [0.2, 0.25) is 0 Å². The molecule has 1 heterocycles. The van der Waals surface area contributed by atoms with E-state index >= 15 is 0 Å². The van der Waals surface area contributed by atoms with Gasteiger partial charge in [-0.2, -0.15) is 11.8 Å².